The van der Waals surface area contributed by atoms with Crippen LogP contribution in [0, 0.1) is 0 Å². The smallest absolute Gasteiger partial charge is 0.410 e. The number of carbonyl (C=O) groups is 6. The number of nitrogens with one attached hydrogen (secondary N) is 2. The number of hydrogen-bond donors (Lipinski definition) is 2. The molecule has 6 amide bonds. The van der Waals surface area contributed by atoms with Crippen molar-refractivity contribution in [3.05, 3.63) is 109 Å². The third-order valence-corrected chi connectivity index (χ3v) is 10.7. The van der Waals surface area contributed by atoms with Crippen molar-refractivity contribution in [2.24, 2.45) is 0 Å². The number of amides is 6. The first-order valence-corrected chi connectivity index (χ1v) is 22.8. The highest BCUT2D eigenvalue weighted by Gasteiger charge is 2.37. The van der Waals surface area contributed by atoms with Gasteiger partial charge >= 0.3 is 24.4 Å². The zero-order valence-corrected chi connectivity index (χ0v) is 39.6. The molecule has 360 valence electrons. The molecule has 2 fully saturated rings. The van der Waals surface area contributed by atoms with E-state index < -0.39 is 41.6 Å². The van der Waals surface area contributed by atoms with Crippen LogP contribution in [0.1, 0.15) is 91.2 Å². The fourth-order valence-corrected chi connectivity index (χ4v) is 7.62. The van der Waals surface area contributed by atoms with Gasteiger partial charge in [-0.15, -0.1) is 13.2 Å². The second-order valence-electron chi connectivity index (χ2n) is 18.5. The Labute approximate surface area is 390 Å². The van der Waals surface area contributed by atoms with Crippen molar-refractivity contribution >= 4 is 36.2 Å². The number of carbonyl (C=O) groups excluding carboxylic acids is 6. The van der Waals surface area contributed by atoms with Crippen LogP contribution < -0.4 is 10.6 Å². The number of ether oxygens (including phenoxy) is 4. The molecule has 66 heavy (non-hydrogen) atoms. The Morgan fingerprint density at radius 1 is 0.758 bits per heavy atom. The van der Waals surface area contributed by atoms with E-state index in [-0.39, 0.29) is 49.6 Å². The molecular weight excluding hydrogens is 845 g/mol. The van der Waals surface area contributed by atoms with Crippen LogP contribution in [0.15, 0.2) is 98.1 Å². The maximum Gasteiger partial charge on any atom is 0.410 e. The molecule has 0 aliphatic carbocycles. The van der Waals surface area contributed by atoms with Crippen LogP contribution in [0.3, 0.4) is 0 Å². The third-order valence-electron chi connectivity index (χ3n) is 10.7. The lowest BCUT2D eigenvalue weighted by Gasteiger charge is -2.40. The molecule has 0 saturated carbocycles. The molecule has 3 aliphatic rings. The van der Waals surface area contributed by atoms with Gasteiger partial charge in [0, 0.05) is 51.4 Å². The Morgan fingerprint density at radius 2 is 1.30 bits per heavy atom. The van der Waals surface area contributed by atoms with Gasteiger partial charge in [0.25, 0.3) is 0 Å². The van der Waals surface area contributed by atoms with Gasteiger partial charge in [0.2, 0.25) is 11.8 Å². The first-order chi connectivity index (χ1) is 31.4. The lowest BCUT2D eigenvalue weighted by Crippen LogP contribution is -2.57. The predicted octanol–water partition coefficient (Wildman–Crippen LogP) is 7.74. The van der Waals surface area contributed by atoms with E-state index in [4.69, 9.17) is 18.9 Å². The van der Waals surface area contributed by atoms with Crippen LogP contribution in [-0.4, -0.2) is 130 Å². The molecule has 16 heteroatoms. The average molecular weight is 915 g/mol. The van der Waals surface area contributed by atoms with Crippen molar-refractivity contribution in [2.45, 2.75) is 129 Å². The van der Waals surface area contributed by atoms with Crippen LogP contribution in [0.5, 0.6) is 0 Å². The quantitative estimate of drug-likeness (QED) is 0.149. The highest BCUT2D eigenvalue weighted by molar-refractivity contribution is 5.87. The number of alkyl carbamates (subject to hydrolysis) is 2. The number of likely N-dealkylation sites (tertiary alicyclic amines) is 2. The molecule has 0 aromatic heterocycles. The summed E-state index contributed by atoms with van der Waals surface area (Å²) in [6.45, 7) is 21.4. The molecule has 3 heterocycles. The molecule has 5 rings (SSSR count). The van der Waals surface area contributed by atoms with Gasteiger partial charge < -0.3 is 49.2 Å². The second kappa shape index (κ2) is 25.4. The van der Waals surface area contributed by atoms with Crippen molar-refractivity contribution in [3.63, 3.8) is 0 Å². The monoisotopic (exact) mass is 915 g/mol. The summed E-state index contributed by atoms with van der Waals surface area (Å²) < 4.78 is 21.6. The summed E-state index contributed by atoms with van der Waals surface area (Å²) in [6, 6.07) is 16.8. The van der Waals surface area contributed by atoms with Crippen molar-refractivity contribution in [3.8, 4) is 0 Å². The summed E-state index contributed by atoms with van der Waals surface area (Å²) in [7, 11) is 0. The largest absolute Gasteiger partial charge is 0.445 e. The zero-order valence-electron chi connectivity index (χ0n) is 39.6. The summed E-state index contributed by atoms with van der Waals surface area (Å²) in [5.74, 6) is -0.435. The van der Waals surface area contributed by atoms with Crippen LogP contribution in [0.2, 0.25) is 0 Å². The Bertz CT molecular complexity index is 1960. The lowest BCUT2D eigenvalue weighted by molar-refractivity contribution is -0.136. The Hall–Kier alpha value is -6.32. The summed E-state index contributed by atoms with van der Waals surface area (Å²) in [5.41, 5.74) is 0.558. The van der Waals surface area contributed by atoms with Crippen molar-refractivity contribution in [1.29, 1.82) is 0 Å². The van der Waals surface area contributed by atoms with Gasteiger partial charge in [-0.2, -0.15) is 0 Å². The molecule has 2 aromatic carbocycles. The van der Waals surface area contributed by atoms with Gasteiger partial charge in [-0.1, -0.05) is 85.0 Å². The van der Waals surface area contributed by atoms with E-state index in [1.54, 1.807) is 31.8 Å². The zero-order chi connectivity index (χ0) is 48.3. The SMILES string of the molecule is C=CC[C@@H](NC(=O)OCc1ccccc1)C(=O)N(CC=C)[C@@H]1CCCN(C(=O)OC(C)(C)C)C1.CC(C)(C)OC(=O)N1CCC[C@@H](N2CC=CC[C@@H](NC(=O)OCc3ccccc3)C2=O)C1. The molecule has 4 atom stereocenters. The van der Waals surface area contributed by atoms with Crippen molar-refractivity contribution in [2.75, 3.05) is 39.3 Å². The standard InChI is InChI=1S/C26H37N3O5.C24H33N3O5/c1-6-12-22(27-24(31)33-19-20-13-9-8-10-14-20)23(30)29(16-7-2)21-15-11-17-28(18-21)25(32)34-26(3,4)5;1-24(2,3)32-23(30)26-14-9-12-19(16-26)27-15-8-7-13-20(21(27)28)25-22(29)31-17-18-10-5-4-6-11-18/h6-10,13-14,21-22H,1-2,11-12,15-19H2,3-5H3,(H,27,31);4-8,10-11,19-20H,9,12-17H2,1-3H3,(H,25,29)/t21-,22-;19-,20-/m11/s1. The minimum absolute atomic E-state index is 0.103. The molecular formula is C50H70N6O10. The van der Waals surface area contributed by atoms with Crippen molar-refractivity contribution in [1.82, 2.24) is 30.2 Å². The highest BCUT2D eigenvalue weighted by atomic mass is 16.6. The summed E-state index contributed by atoms with van der Waals surface area (Å²) in [4.78, 5) is 83.2. The second-order valence-corrected chi connectivity index (χ2v) is 18.5. The van der Waals surface area contributed by atoms with Crippen LogP contribution in [-0.2, 0) is 41.8 Å². The molecule has 2 N–H and O–H groups in total. The Kier molecular flexibility index (Phi) is 20.1. The summed E-state index contributed by atoms with van der Waals surface area (Å²) >= 11 is 0. The van der Waals surface area contributed by atoms with Crippen LogP contribution in [0.4, 0.5) is 19.2 Å². The number of nitrogens with zero attached hydrogens (tertiary/aromatic N) is 4. The van der Waals surface area contributed by atoms with Crippen LogP contribution in [0.25, 0.3) is 0 Å². The first kappa shape index (κ1) is 52.3. The first-order valence-electron chi connectivity index (χ1n) is 22.8. The summed E-state index contributed by atoms with van der Waals surface area (Å²) in [6.07, 6.45) is 8.70. The van der Waals surface area contributed by atoms with Gasteiger partial charge in [-0.3, -0.25) is 9.59 Å². The number of hydrogen-bond acceptors (Lipinski definition) is 10. The molecule has 16 nitrogen and oxygen atoms in total. The predicted molar refractivity (Wildman–Crippen MR) is 251 cm³/mol. The minimum Gasteiger partial charge on any atom is -0.445 e. The summed E-state index contributed by atoms with van der Waals surface area (Å²) in [5, 5.41) is 5.37. The fraction of sp³-hybridized carbons (Fsp3) is 0.520. The molecule has 2 aromatic rings. The molecule has 3 aliphatic heterocycles. The number of benzene rings is 2. The highest BCUT2D eigenvalue weighted by Crippen LogP contribution is 2.23. The van der Waals surface area contributed by atoms with E-state index in [9.17, 15) is 28.8 Å². The maximum absolute atomic E-state index is 13.5. The Morgan fingerprint density at radius 3 is 1.85 bits per heavy atom. The van der Waals surface area contributed by atoms with E-state index in [1.807, 2.05) is 114 Å². The van der Waals surface area contributed by atoms with E-state index in [2.05, 4.69) is 23.8 Å². The maximum atomic E-state index is 13.5. The lowest BCUT2D eigenvalue weighted by atomic mass is 10.0. The van der Waals surface area contributed by atoms with Crippen molar-refractivity contribution < 1.29 is 47.7 Å². The van der Waals surface area contributed by atoms with Crippen LogP contribution >= 0.6 is 0 Å². The fourth-order valence-electron chi connectivity index (χ4n) is 7.62. The van der Waals surface area contributed by atoms with Gasteiger partial charge in [-0.05, 0) is 91.2 Å². The average Bonchev–Trinajstić information content (AvgIpc) is 3.46. The van der Waals surface area contributed by atoms with Gasteiger partial charge in [0.05, 0.1) is 0 Å². The normalized spacial score (nSPS) is 19.1. The van der Waals surface area contributed by atoms with E-state index in [0.29, 0.717) is 45.7 Å². The molecule has 0 unspecified atom stereocenters. The topological polar surface area (TPSA) is 176 Å². The van der Waals surface area contributed by atoms with Gasteiger partial charge in [0.1, 0.15) is 36.5 Å². The van der Waals surface area contributed by atoms with Gasteiger partial charge in [-0.25, -0.2) is 19.2 Å². The number of rotatable bonds is 13. The van der Waals surface area contributed by atoms with E-state index in [1.165, 1.54) is 0 Å². The van der Waals surface area contributed by atoms with E-state index in [0.717, 1.165) is 36.8 Å². The Balaban J connectivity index is 0.000000289. The molecule has 0 bridgehead atoms. The number of piperidine rings is 2. The third kappa shape index (κ3) is 17.6. The van der Waals surface area contributed by atoms with E-state index >= 15 is 0 Å². The molecule has 0 spiro atoms. The molecule has 2 saturated heterocycles. The molecule has 0 radical (unpaired) electrons. The van der Waals surface area contributed by atoms with Gasteiger partial charge in [0.15, 0.2) is 0 Å². The minimum atomic E-state index is -0.836.